The van der Waals surface area contributed by atoms with Crippen molar-refractivity contribution in [2.75, 3.05) is 5.32 Å². The largest absolute Gasteiger partial charge is 0.350 e. The highest BCUT2D eigenvalue weighted by atomic mass is 79.9. The molecule has 82 valence electrons. The molecular formula is C11H9BrFN3. The molecule has 0 atom stereocenters. The molecule has 5 heteroatoms. The highest BCUT2D eigenvalue weighted by Crippen LogP contribution is 2.11. The van der Waals surface area contributed by atoms with Gasteiger partial charge < -0.3 is 5.32 Å². The van der Waals surface area contributed by atoms with Gasteiger partial charge in [0.1, 0.15) is 0 Å². The lowest BCUT2D eigenvalue weighted by Crippen LogP contribution is -2.03. The van der Waals surface area contributed by atoms with Crippen LogP contribution in [0, 0.1) is 5.82 Å². The van der Waals surface area contributed by atoms with E-state index < -0.39 is 5.82 Å². The fourth-order valence-electron chi connectivity index (χ4n) is 1.19. The predicted molar refractivity (Wildman–Crippen MR) is 63.5 cm³/mol. The summed E-state index contributed by atoms with van der Waals surface area (Å²) in [6.45, 7) is 0.610. The summed E-state index contributed by atoms with van der Waals surface area (Å²) in [5, 5.41) is 3.00. The van der Waals surface area contributed by atoms with Crippen molar-refractivity contribution < 1.29 is 4.39 Å². The zero-order valence-corrected chi connectivity index (χ0v) is 9.91. The van der Waals surface area contributed by atoms with Crippen LogP contribution in [0.3, 0.4) is 0 Å². The predicted octanol–water partition coefficient (Wildman–Crippen LogP) is 2.99. The molecule has 2 aromatic rings. The van der Waals surface area contributed by atoms with Crippen LogP contribution in [0.5, 0.6) is 0 Å². The van der Waals surface area contributed by atoms with Gasteiger partial charge in [0.05, 0.1) is 12.4 Å². The van der Waals surface area contributed by atoms with Crippen molar-refractivity contribution in [1.29, 1.82) is 0 Å². The maximum Gasteiger partial charge on any atom is 0.223 e. The molecule has 1 N–H and O–H groups in total. The highest BCUT2D eigenvalue weighted by molar-refractivity contribution is 9.10. The summed E-state index contributed by atoms with van der Waals surface area (Å²) < 4.78 is 13.6. The molecule has 1 heterocycles. The summed E-state index contributed by atoms with van der Waals surface area (Å²) in [6, 6.07) is 7.90. The van der Waals surface area contributed by atoms with Crippen LogP contribution in [0.15, 0.2) is 41.1 Å². The minimum absolute atomic E-state index is 0.421. The van der Waals surface area contributed by atoms with Gasteiger partial charge in [-0.15, -0.1) is 0 Å². The molecule has 1 aromatic carbocycles. The van der Waals surface area contributed by atoms with E-state index in [9.17, 15) is 4.39 Å². The Bertz CT molecular complexity index is 410. The van der Waals surface area contributed by atoms with Crippen LogP contribution >= 0.6 is 15.9 Å². The van der Waals surface area contributed by atoms with Crippen LogP contribution in [0.2, 0.25) is 0 Å². The van der Waals surface area contributed by atoms with Crippen molar-refractivity contribution >= 4 is 21.9 Å². The number of rotatable bonds is 3. The van der Waals surface area contributed by atoms with Gasteiger partial charge in [-0.1, -0.05) is 28.1 Å². The number of hydrogen-bond donors (Lipinski definition) is 1. The van der Waals surface area contributed by atoms with Gasteiger partial charge in [-0.05, 0) is 17.7 Å². The molecule has 0 bridgehead atoms. The summed E-state index contributed by atoms with van der Waals surface area (Å²) in [5.74, 6) is -0.0153. The van der Waals surface area contributed by atoms with Crippen LogP contribution < -0.4 is 5.32 Å². The Morgan fingerprint density at radius 3 is 2.38 bits per heavy atom. The molecule has 1 aromatic heterocycles. The first-order valence-electron chi connectivity index (χ1n) is 4.70. The third kappa shape index (κ3) is 3.00. The van der Waals surface area contributed by atoms with E-state index in [1.54, 1.807) is 0 Å². The fraction of sp³-hybridized carbons (Fsp3) is 0.0909. The first-order chi connectivity index (χ1) is 7.74. The van der Waals surface area contributed by atoms with Crippen molar-refractivity contribution in [3.8, 4) is 0 Å². The number of aromatic nitrogens is 2. The molecule has 2 rings (SSSR count). The summed E-state index contributed by atoms with van der Waals surface area (Å²) in [4.78, 5) is 7.61. The second kappa shape index (κ2) is 5.03. The maximum absolute atomic E-state index is 12.5. The smallest absolute Gasteiger partial charge is 0.223 e. The lowest BCUT2D eigenvalue weighted by molar-refractivity contribution is 0.614. The summed E-state index contributed by atoms with van der Waals surface area (Å²) in [7, 11) is 0. The van der Waals surface area contributed by atoms with E-state index in [-0.39, 0.29) is 0 Å². The fourth-order valence-corrected chi connectivity index (χ4v) is 1.45. The van der Waals surface area contributed by atoms with E-state index in [1.165, 1.54) is 0 Å². The zero-order chi connectivity index (χ0) is 11.4. The summed E-state index contributed by atoms with van der Waals surface area (Å²) >= 11 is 3.36. The van der Waals surface area contributed by atoms with Crippen LogP contribution in [-0.2, 0) is 6.54 Å². The average Bonchev–Trinajstić information content (AvgIpc) is 2.30. The SMILES string of the molecule is Fc1cnc(NCc2ccc(Br)cc2)nc1. The average molecular weight is 282 g/mol. The quantitative estimate of drug-likeness (QED) is 0.940. The second-order valence-electron chi connectivity index (χ2n) is 3.20. The Morgan fingerprint density at radius 2 is 1.75 bits per heavy atom. The van der Waals surface area contributed by atoms with E-state index in [2.05, 4.69) is 31.2 Å². The lowest BCUT2D eigenvalue weighted by Gasteiger charge is -2.04. The molecule has 16 heavy (non-hydrogen) atoms. The van der Waals surface area contributed by atoms with Gasteiger partial charge in [0.15, 0.2) is 5.82 Å². The van der Waals surface area contributed by atoms with E-state index in [0.717, 1.165) is 22.4 Å². The third-order valence-electron chi connectivity index (χ3n) is 1.98. The molecule has 0 fully saturated rings. The Balaban J connectivity index is 1.97. The van der Waals surface area contributed by atoms with Crippen molar-refractivity contribution in [3.63, 3.8) is 0 Å². The maximum atomic E-state index is 12.5. The van der Waals surface area contributed by atoms with Crippen LogP contribution in [0.4, 0.5) is 10.3 Å². The van der Waals surface area contributed by atoms with Gasteiger partial charge in [0.25, 0.3) is 0 Å². The van der Waals surface area contributed by atoms with Crippen LogP contribution in [0.1, 0.15) is 5.56 Å². The monoisotopic (exact) mass is 281 g/mol. The zero-order valence-electron chi connectivity index (χ0n) is 8.32. The van der Waals surface area contributed by atoms with E-state index in [0.29, 0.717) is 12.5 Å². The van der Waals surface area contributed by atoms with Gasteiger partial charge in [-0.25, -0.2) is 14.4 Å². The molecule has 0 radical (unpaired) electrons. The molecule has 0 aliphatic rings. The van der Waals surface area contributed by atoms with E-state index in [1.807, 2.05) is 24.3 Å². The summed E-state index contributed by atoms with van der Waals surface area (Å²) in [6.07, 6.45) is 2.27. The minimum atomic E-state index is -0.436. The van der Waals surface area contributed by atoms with Crippen molar-refractivity contribution in [2.45, 2.75) is 6.54 Å². The first-order valence-corrected chi connectivity index (χ1v) is 5.49. The molecule has 0 aliphatic heterocycles. The Kier molecular flexibility index (Phi) is 3.46. The number of hydrogen-bond acceptors (Lipinski definition) is 3. The Hall–Kier alpha value is -1.49. The molecule has 0 spiro atoms. The molecular weight excluding hydrogens is 273 g/mol. The molecule has 0 amide bonds. The Labute approximate surface area is 101 Å². The number of nitrogens with zero attached hydrogens (tertiary/aromatic N) is 2. The van der Waals surface area contributed by atoms with Crippen molar-refractivity contribution in [1.82, 2.24) is 9.97 Å². The molecule has 0 aliphatic carbocycles. The van der Waals surface area contributed by atoms with Gasteiger partial charge in [-0.2, -0.15) is 0 Å². The minimum Gasteiger partial charge on any atom is -0.350 e. The topological polar surface area (TPSA) is 37.8 Å². The van der Waals surface area contributed by atoms with E-state index >= 15 is 0 Å². The van der Waals surface area contributed by atoms with E-state index in [4.69, 9.17) is 0 Å². The van der Waals surface area contributed by atoms with Gasteiger partial charge in [0.2, 0.25) is 5.95 Å². The number of benzene rings is 1. The van der Waals surface area contributed by atoms with Crippen molar-refractivity contribution in [2.24, 2.45) is 0 Å². The molecule has 0 saturated heterocycles. The van der Waals surface area contributed by atoms with Crippen LogP contribution in [-0.4, -0.2) is 9.97 Å². The molecule has 0 unspecified atom stereocenters. The third-order valence-corrected chi connectivity index (χ3v) is 2.51. The van der Waals surface area contributed by atoms with Gasteiger partial charge in [0, 0.05) is 11.0 Å². The normalized spacial score (nSPS) is 10.1. The summed E-state index contributed by atoms with van der Waals surface area (Å²) in [5.41, 5.74) is 1.11. The first kappa shape index (κ1) is 11.0. The number of nitrogens with one attached hydrogen (secondary N) is 1. The highest BCUT2D eigenvalue weighted by Gasteiger charge is 1.97. The van der Waals surface area contributed by atoms with Crippen molar-refractivity contribution in [3.05, 3.63) is 52.5 Å². The standard InChI is InChI=1S/C11H9BrFN3/c12-9-3-1-8(2-4-9)5-14-11-15-6-10(13)7-16-11/h1-4,6-7H,5H2,(H,14,15,16). The number of anilines is 1. The molecule has 0 saturated carbocycles. The Morgan fingerprint density at radius 1 is 1.12 bits per heavy atom. The lowest BCUT2D eigenvalue weighted by atomic mass is 10.2. The van der Waals surface area contributed by atoms with Crippen LogP contribution in [0.25, 0.3) is 0 Å². The van der Waals surface area contributed by atoms with Gasteiger partial charge >= 0.3 is 0 Å². The number of halogens is 2. The second-order valence-corrected chi connectivity index (χ2v) is 4.12. The molecule has 3 nitrogen and oxygen atoms in total. The van der Waals surface area contributed by atoms with Gasteiger partial charge in [-0.3, -0.25) is 0 Å².